The Kier molecular flexibility index (Phi) is 5.81. The predicted octanol–water partition coefficient (Wildman–Crippen LogP) is 3.65. The van der Waals surface area contributed by atoms with E-state index in [4.69, 9.17) is 9.47 Å². The summed E-state index contributed by atoms with van der Waals surface area (Å²) in [6.07, 6.45) is 1.23. The van der Waals surface area contributed by atoms with E-state index in [1.54, 1.807) is 18.2 Å². The van der Waals surface area contributed by atoms with Gasteiger partial charge in [0.15, 0.2) is 0 Å². The second-order valence-electron chi connectivity index (χ2n) is 8.77. The molecule has 0 saturated carbocycles. The fraction of sp³-hybridized carbons (Fsp3) is 0.417. The van der Waals surface area contributed by atoms with Gasteiger partial charge < -0.3 is 20.1 Å². The van der Waals surface area contributed by atoms with Crippen LogP contribution in [-0.2, 0) is 15.1 Å². The van der Waals surface area contributed by atoms with Crippen molar-refractivity contribution in [1.29, 1.82) is 0 Å². The second kappa shape index (κ2) is 8.43. The van der Waals surface area contributed by atoms with Gasteiger partial charge >= 0.3 is 0 Å². The van der Waals surface area contributed by atoms with Gasteiger partial charge in [-0.2, -0.15) is 0 Å². The number of hydrogen-bond acceptors (Lipinski definition) is 5. The van der Waals surface area contributed by atoms with Crippen molar-refractivity contribution in [2.75, 3.05) is 24.9 Å². The average Bonchev–Trinajstić information content (AvgIpc) is 3.26. The highest BCUT2D eigenvalue weighted by atomic mass is 19.1. The summed E-state index contributed by atoms with van der Waals surface area (Å²) in [5, 5.41) is 9.14. The first-order valence-electron chi connectivity index (χ1n) is 10.7. The van der Waals surface area contributed by atoms with E-state index in [9.17, 15) is 14.0 Å². The number of halogens is 1. The number of anilines is 2. The monoisotopic (exact) mass is 441 g/mol. The fourth-order valence-corrected chi connectivity index (χ4v) is 4.89. The molecule has 2 heterocycles. The Morgan fingerprint density at radius 2 is 2.00 bits per heavy atom. The van der Waals surface area contributed by atoms with Gasteiger partial charge in [0.05, 0.1) is 25.8 Å². The van der Waals surface area contributed by atoms with Gasteiger partial charge in [-0.15, -0.1) is 0 Å². The summed E-state index contributed by atoms with van der Waals surface area (Å²) in [7, 11) is 3.05. The van der Waals surface area contributed by atoms with Crippen LogP contribution in [0.25, 0.3) is 0 Å². The minimum Gasteiger partial charge on any atom is -0.497 e. The first kappa shape index (κ1) is 22.1. The molecule has 0 radical (unpaired) electrons. The molecule has 0 bridgehead atoms. The van der Waals surface area contributed by atoms with E-state index in [0.717, 1.165) is 6.42 Å². The zero-order chi connectivity index (χ0) is 23.0. The summed E-state index contributed by atoms with van der Waals surface area (Å²) >= 11 is 0. The Balaban J connectivity index is 1.74. The SMILES string of the molecule is COc1ccc(OC)c(NC(=O)C2CC(CC(C)C)NC23C(=O)Nc2ccc(F)cc23)c1. The van der Waals surface area contributed by atoms with Gasteiger partial charge in [0.1, 0.15) is 22.9 Å². The van der Waals surface area contributed by atoms with Crippen LogP contribution in [0.5, 0.6) is 11.5 Å². The fourth-order valence-electron chi connectivity index (χ4n) is 4.89. The third-order valence-corrected chi connectivity index (χ3v) is 6.22. The van der Waals surface area contributed by atoms with E-state index in [-0.39, 0.29) is 17.9 Å². The number of rotatable bonds is 6. The molecule has 2 aromatic rings. The third-order valence-electron chi connectivity index (χ3n) is 6.22. The van der Waals surface area contributed by atoms with Gasteiger partial charge in [0.25, 0.3) is 0 Å². The number of hydrogen-bond donors (Lipinski definition) is 3. The van der Waals surface area contributed by atoms with Crippen molar-refractivity contribution in [2.24, 2.45) is 11.8 Å². The molecule has 2 amide bonds. The van der Waals surface area contributed by atoms with Crippen LogP contribution in [0, 0.1) is 17.7 Å². The van der Waals surface area contributed by atoms with Crippen molar-refractivity contribution in [3.05, 3.63) is 47.8 Å². The maximum atomic E-state index is 14.2. The zero-order valence-corrected chi connectivity index (χ0v) is 18.6. The van der Waals surface area contributed by atoms with Crippen molar-refractivity contribution in [3.63, 3.8) is 0 Å². The number of amides is 2. The van der Waals surface area contributed by atoms with Gasteiger partial charge in [-0.25, -0.2) is 4.39 Å². The summed E-state index contributed by atoms with van der Waals surface area (Å²) in [6.45, 7) is 4.18. The number of carbonyl (C=O) groups is 2. The lowest BCUT2D eigenvalue weighted by molar-refractivity contribution is -0.130. The molecule has 8 heteroatoms. The van der Waals surface area contributed by atoms with Crippen LogP contribution < -0.4 is 25.4 Å². The lowest BCUT2D eigenvalue weighted by Crippen LogP contribution is -2.52. The largest absolute Gasteiger partial charge is 0.497 e. The average molecular weight is 442 g/mol. The molecule has 3 N–H and O–H groups in total. The summed E-state index contributed by atoms with van der Waals surface area (Å²) in [5.41, 5.74) is 0.0854. The summed E-state index contributed by atoms with van der Waals surface area (Å²) < 4.78 is 24.8. The number of carbonyl (C=O) groups excluding carboxylic acids is 2. The topological polar surface area (TPSA) is 88.7 Å². The Labute approximate surface area is 186 Å². The number of fused-ring (bicyclic) bond motifs is 2. The minimum atomic E-state index is -1.34. The molecule has 170 valence electrons. The van der Waals surface area contributed by atoms with Gasteiger partial charge in [0, 0.05) is 23.4 Å². The first-order chi connectivity index (χ1) is 15.3. The molecule has 1 fully saturated rings. The van der Waals surface area contributed by atoms with Crippen molar-refractivity contribution in [2.45, 2.75) is 38.3 Å². The Morgan fingerprint density at radius 1 is 1.22 bits per heavy atom. The lowest BCUT2D eigenvalue weighted by atomic mass is 9.79. The Bertz CT molecular complexity index is 1060. The second-order valence-corrected chi connectivity index (χ2v) is 8.77. The van der Waals surface area contributed by atoms with E-state index in [1.807, 2.05) is 0 Å². The van der Waals surface area contributed by atoms with Gasteiger partial charge in [-0.3, -0.25) is 14.9 Å². The quantitative estimate of drug-likeness (QED) is 0.637. The molecule has 0 aromatic heterocycles. The van der Waals surface area contributed by atoms with Crippen LogP contribution in [0.2, 0.25) is 0 Å². The molecule has 4 rings (SSSR count). The highest BCUT2D eigenvalue weighted by Crippen LogP contribution is 2.48. The normalized spacial score (nSPS) is 23.9. The van der Waals surface area contributed by atoms with Crippen LogP contribution >= 0.6 is 0 Å². The molecule has 1 spiro atoms. The Hall–Kier alpha value is -3.13. The summed E-state index contributed by atoms with van der Waals surface area (Å²) in [5.74, 6) is -0.497. The summed E-state index contributed by atoms with van der Waals surface area (Å²) in [6, 6.07) is 9.20. The third kappa shape index (κ3) is 3.68. The first-order valence-corrected chi connectivity index (χ1v) is 10.7. The minimum absolute atomic E-state index is 0.0714. The number of nitrogens with one attached hydrogen (secondary N) is 3. The van der Waals surface area contributed by atoms with Crippen molar-refractivity contribution in [3.8, 4) is 11.5 Å². The number of methoxy groups -OCH3 is 2. The van der Waals surface area contributed by atoms with Crippen LogP contribution in [0.15, 0.2) is 36.4 Å². The standard InChI is InChI=1S/C24H28FN3O4/c1-13(2)9-15-11-18(22(29)26-20-12-16(31-3)6-8-21(20)32-4)24(28-15)17-10-14(25)5-7-19(17)27-23(24)30/h5-8,10,12-13,15,18,28H,9,11H2,1-4H3,(H,26,29)(H,27,30). The maximum Gasteiger partial charge on any atom is 0.250 e. The molecular weight excluding hydrogens is 413 g/mol. The van der Waals surface area contributed by atoms with E-state index < -0.39 is 17.3 Å². The zero-order valence-electron chi connectivity index (χ0n) is 18.6. The van der Waals surface area contributed by atoms with Crippen molar-refractivity contribution < 1.29 is 23.5 Å². The smallest absolute Gasteiger partial charge is 0.250 e. The molecule has 2 aromatic carbocycles. The molecule has 2 aliphatic heterocycles. The molecular formula is C24H28FN3O4. The highest BCUT2D eigenvalue weighted by molar-refractivity contribution is 6.10. The molecule has 3 atom stereocenters. The highest BCUT2D eigenvalue weighted by Gasteiger charge is 2.60. The summed E-state index contributed by atoms with van der Waals surface area (Å²) in [4.78, 5) is 26.9. The van der Waals surface area contributed by atoms with Crippen LogP contribution in [-0.4, -0.2) is 32.1 Å². The lowest BCUT2D eigenvalue weighted by Gasteiger charge is -2.29. The van der Waals surface area contributed by atoms with Crippen LogP contribution in [0.1, 0.15) is 32.3 Å². The predicted molar refractivity (Wildman–Crippen MR) is 119 cm³/mol. The molecule has 0 aliphatic carbocycles. The van der Waals surface area contributed by atoms with Gasteiger partial charge in [-0.1, -0.05) is 13.8 Å². The van der Waals surface area contributed by atoms with E-state index in [1.165, 1.54) is 32.4 Å². The van der Waals surface area contributed by atoms with Gasteiger partial charge in [0.2, 0.25) is 11.8 Å². The van der Waals surface area contributed by atoms with Crippen molar-refractivity contribution >= 4 is 23.2 Å². The molecule has 2 aliphatic rings. The maximum absolute atomic E-state index is 14.2. The number of ether oxygens (including phenoxy) is 2. The van der Waals surface area contributed by atoms with E-state index in [2.05, 4.69) is 29.8 Å². The van der Waals surface area contributed by atoms with Gasteiger partial charge in [-0.05, 0) is 49.1 Å². The number of benzene rings is 2. The van der Waals surface area contributed by atoms with Crippen LogP contribution in [0.3, 0.4) is 0 Å². The molecule has 1 saturated heterocycles. The van der Waals surface area contributed by atoms with E-state index in [0.29, 0.717) is 40.8 Å². The molecule has 7 nitrogen and oxygen atoms in total. The Morgan fingerprint density at radius 3 is 2.69 bits per heavy atom. The van der Waals surface area contributed by atoms with Crippen LogP contribution in [0.4, 0.5) is 15.8 Å². The molecule has 32 heavy (non-hydrogen) atoms. The van der Waals surface area contributed by atoms with E-state index >= 15 is 0 Å². The molecule has 3 unspecified atom stereocenters. The van der Waals surface area contributed by atoms with Crippen molar-refractivity contribution in [1.82, 2.24) is 5.32 Å².